The minimum atomic E-state index is -0.563. The number of carbonyl (C=O) groups excluding carboxylic acids is 2. The zero-order valence-corrected chi connectivity index (χ0v) is 13.0. The van der Waals surface area contributed by atoms with Crippen LogP contribution in [0.4, 0.5) is 0 Å². The second-order valence-electron chi connectivity index (χ2n) is 5.36. The van der Waals surface area contributed by atoms with Crippen molar-refractivity contribution < 1.29 is 9.59 Å². The fourth-order valence-corrected chi connectivity index (χ4v) is 2.92. The van der Waals surface area contributed by atoms with Gasteiger partial charge in [0.25, 0.3) is 5.91 Å². The van der Waals surface area contributed by atoms with Gasteiger partial charge in [0, 0.05) is 17.1 Å². The van der Waals surface area contributed by atoms with E-state index in [2.05, 4.69) is 9.97 Å². The lowest BCUT2D eigenvalue weighted by molar-refractivity contribution is -0.121. The molecule has 2 heterocycles. The first-order valence-electron chi connectivity index (χ1n) is 7.24. The number of nitrogens with zero attached hydrogens (tertiary/aromatic N) is 3. The Bertz CT molecular complexity index is 765. The van der Waals surface area contributed by atoms with Crippen LogP contribution in [-0.2, 0) is 4.79 Å². The summed E-state index contributed by atoms with van der Waals surface area (Å²) in [7, 11) is 0. The van der Waals surface area contributed by atoms with E-state index in [1.54, 1.807) is 18.2 Å². The topological polar surface area (TPSA) is 89.2 Å². The molecule has 3 rings (SSSR count). The van der Waals surface area contributed by atoms with Gasteiger partial charge in [-0.2, -0.15) is 0 Å². The number of nitrogens with two attached hydrogens (primary N) is 1. The van der Waals surface area contributed by atoms with Crippen LogP contribution in [0.2, 0.25) is 5.02 Å². The number of rotatable bonds is 3. The monoisotopic (exact) mass is 330 g/mol. The molecule has 0 spiro atoms. The standard InChI is InChI=1S/C16H15ClN4O2/c17-11-4-1-3-10(7-11)12-8-13(20-9-19-12)16(23)21-6-2-5-14(21)15(18)22/h1,3-4,7-9,14H,2,5-6H2,(H2,18,22). The molecule has 6 nitrogen and oxygen atoms in total. The molecule has 23 heavy (non-hydrogen) atoms. The summed E-state index contributed by atoms with van der Waals surface area (Å²) >= 11 is 5.98. The molecule has 1 atom stereocenters. The Hall–Kier alpha value is -2.47. The van der Waals surface area contributed by atoms with E-state index < -0.39 is 11.9 Å². The SMILES string of the molecule is NC(=O)C1CCCN1C(=O)c1cc(-c2cccc(Cl)c2)ncn1. The first kappa shape index (κ1) is 15.4. The van der Waals surface area contributed by atoms with E-state index in [9.17, 15) is 9.59 Å². The number of benzene rings is 1. The first-order chi connectivity index (χ1) is 11.1. The van der Waals surface area contributed by atoms with Gasteiger partial charge >= 0.3 is 0 Å². The van der Waals surface area contributed by atoms with Crippen LogP contribution in [0.1, 0.15) is 23.3 Å². The lowest BCUT2D eigenvalue weighted by atomic mass is 10.1. The van der Waals surface area contributed by atoms with Gasteiger partial charge in [-0.25, -0.2) is 9.97 Å². The molecule has 7 heteroatoms. The lowest BCUT2D eigenvalue weighted by Crippen LogP contribution is -2.43. The summed E-state index contributed by atoms with van der Waals surface area (Å²) in [5, 5.41) is 0.585. The molecule has 0 bridgehead atoms. The molecule has 2 aromatic rings. The second-order valence-corrected chi connectivity index (χ2v) is 5.79. The average Bonchev–Trinajstić information content (AvgIpc) is 3.04. The molecule has 118 valence electrons. The van der Waals surface area contributed by atoms with E-state index in [-0.39, 0.29) is 11.6 Å². The minimum Gasteiger partial charge on any atom is -0.368 e. The summed E-state index contributed by atoms with van der Waals surface area (Å²) in [5.41, 5.74) is 6.99. The summed E-state index contributed by atoms with van der Waals surface area (Å²) in [6.07, 6.45) is 2.68. The van der Waals surface area contributed by atoms with Crippen LogP contribution < -0.4 is 5.73 Å². The molecule has 1 aromatic heterocycles. The third kappa shape index (κ3) is 3.17. The van der Waals surface area contributed by atoms with E-state index >= 15 is 0 Å². The molecular formula is C16H15ClN4O2. The highest BCUT2D eigenvalue weighted by Gasteiger charge is 2.33. The maximum atomic E-state index is 12.6. The molecule has 0 aliphatic carbocycles. The van der Waals surface area contributed by atoms with Crippen LogP contribution in [0.15, 0.2) is 36.7 Å². The molecule has 2 N–H and O–H groups in total. The largest absolute Gasteiger partial charge is 0.368 e. The summed E-state index contributed by atoms with van der Waals surface area (Å²) < 4.78 is 0. The molecular weight excluding hydrogens is 316 g/mol. The zero-order chi connectivity index (χ0) is 16.4. The highest BCUT2D eigenvalue weighted by atomic mass is 35.5. The fraction of sp³-hybridized carbons (Fsp3) is 0.250. The van der Waals surface area contributed by atoms with Gasteiger partial charge in [0.2, 0.25) is 5.91 Å². The van der Waals surface area contributed by atoms with E-state index in [0.717, 1.165) is 12.0 Å². The Labute approximate surface area is 138 Å². The summed E-state index contributed by atoms with van der Waals surface area (Å²) in [5.74, 6) is -0.794. The smallest absolute Gasteiger partial charge is 0.273 e. The van der Waals surface area contributed by atoms with Crippen LogP contribution in [0, 0.1) is 0 Å². The van der Waals surface area contributed by atoms with E-state index in [0.29, 0.717) is 23.7 Å². The van der Waals surface area contributed by atoms with Crippen LogP contribution in [0.3, 0.4) is 0 Å². The van der Waals surface area contributed by atoms with Crippen LogP contribution >= 0.6 is 11.6 Å². The highest BCUT2D eigenvalue weighted by molar-refractivity contribution is 6.30. The number of likely N-dealkylation sites (tertiary alicyclic amines) is 1. The number of hydrogen-bond donors (Lipinski definition) is 1. The molecule has 0 radical (unpaired) electrons. The molecule has 2 amide bonds. The van der Waals surface area contributed by atoms with Gasteiger partial charge in [0.05, 0.1) is 5.69 Å². The van der Waals surface area contributed by atoms with Crippen molar-refractivity contribution in [3.05, 3.63) is 47.4 Å². The van der Waals surface area contributed by atoms with Gasteiger partial charge in [0.15, 0.2) is 0 Å². The molecule has 1 aliphatic rings. The first-order valence-corrected chi connectivity index (χ1v) is 7.62. The molecule has 1 saturated heterocycles. The fourth-order valence-electron chi connectivity index (χ4n) is 2.73. The summed E-state index contributed by atoms with van der Waals surface area (Å²) in [4.78, 5) is 33.8. The van der Waals surface area contributed by atoms with Gasteiger partial charge in [-0.3, -0.25) is 9.59 Å². The highest BCUT2D eigenvalue weighted by Crippen LogP contribution is 2.23. The number of halogens is 1. The number of carbonyl (C=O) groups is 2. The Kier molecular flexibility index (Phi) is 4.25. The zero-order valence-electron chi connectivity index (χ0n) is 12.3. The Morgan fingerprint density at radius 2 is 2.09 bits per heavy atom. The Morgan fingerprint density at radius 3 is 2.83 bits per heavy atom. The summed E-state index contributed by atoms with van der Waals surface area (Å²) in [6, 6.07) is 8.23. The van der Waals surface area contributed by atoms with Crippen LogP contribution in [0.25, 0.3) is 11.3 Å². The minimum absolute atomic E-state index is 0.239. The van der Waals surface area contributed by atoms with Crippen molar-refractivity contribution >= 4 is 23.4 Å². The van der Waals surface area contributed by atoms with Gasteiger partial charge in [-0.05, 0) is 31.0 Å². The van der Waals surface area contributed by atoms with E-state index in [1.807, 2.05) is 12.1 Å². The van der Waals surface area contributed by atoms with Crippen molar-refractivity contribution in [2.45, 2.75) is 18.9 Å². The maximum absolute atomic E-state index is 12.6. The third-order valence-corrected chi connectivity index (χ3v) is 4.08. The predicted molar refractivity (Wildman–Crippen MR) is 85.7 cm³/mol. The quantitative estimate of drug-likeness (QED) is 0.930. The average molecular weight is 331 g/mol. The van der Waals surface area contributed by atoms with Crippen molar-refractivity contribution in [1.29, 1.82) is 0 Å². The van der Waals surface area contributed by atoms with Crippen molar-refractivity contribution in [3.8, 4) is 11.3 Å². The lowest BCUT2D eigenvalue weighted by Gasteiger charge is -2.21. The van der Waals surface area contributed by atoms with Crippen molar-refractivity contribution in [3.63, 3.8) is 0 Å². The number of primary amides is 1. The van der Waals surface area contributed by atoms with Gasteiger partial charge in [0.1, 0.15) is 18.1 Å². The number of hydrogen-bond acceptors (Lipinski definition) is 4. The molecule has 1 unspecified atom stereocenters. The molecule has 1 fully saturated rings. The van der Waals surface area contributed by atoms with Crippen LogP contribution in [-0.4, -0.2) is 39.3 Å². The van der Waals surface area contributed by atoms with Crippen molar-refractivity contribution in [2.24, 2.45) is 5.73 Å². The second kappa shape index (κ2) is 6.34. The van der Waals surface area contributed by atoms with Crippen molar-refractivity contribution in [1.82, 2.24) is 14.9 Å². The predicted octanol–water partition coefficient (Wildman–Crippen LogP) is 1.89. The van der Waals surface area contributed by atoms with Gasteiger partial charge in [-0.1, -0.05) is 23.7 Å². The van der Waals surface area contributed by atoms with Gasteiger partial charge in [-0.15, -0.1) is 0 Å². The Balaban J connectivity index is 1.90. The Morgan fingerprint density at radius 1 is 1.26 bits per heavy atom. The van der Waals surface area contributed by atoms with E-state index in [4.69, 9.17) is 17.3 Å². The summed E-state index contributed by atoms with van der Waals surface area (Å²) in [6.45, 7) is 0.503. The maximum Gasteiger partial charge on any atom is 0.273 e. The van der Waals surface area contributed by atoms with Crippen molar-refractivity contribution in [2.75, 3.05) is 6.54 Å². The van der Waals surface area contributed by atoms with Crippen LogP contribution in [0.5, 0.6) is 0 Å². The normalized spacial score (nSPS) is 17.3. The van der Waals surface area contributed by atoms with Gasteiger partial charge < -0.3 is 10.6 Å². The van der Waals surface area contributed by atoms with E-state index in [1.165, 1.54) is 11.2 Å². The number of aromatic nitrogens is 2. The molecule has 1 aliphatic heterocycles. The third-order valence-electron chi connectivity index (χ3n) is 3.85. The number of amides is 2. The molecule has 1 aromatic carbocycles. The molecule has 0 saturated carbocycles.